The van der Waals surface area contributed by atoms with Crippen molar-refractivity contribution < 1.29 is 14.7 Å². The van der Waals surface area contributed by atoms with Crippen molar-refractivity contribution >= 4 is 11.8 Å². The number of Topliss-reactive ketones (excluding diaryl/α,β-unsaturated/α-hetero) is 1. The van der Waals surface area contributed by atoms with Gasteiger partial charge in [-0.2, -0.15) is 0 Å². The first-order valence-electron chi connectivity index (χ1n) is 4.11. The summed E-state index contributed by atoms with van der Waals surface area (Å²) in [7, 11) is 0. The molecule has 1 fully saturated rings. The first-order valence-corrected chi connectivity index (χ1v) is 4.11. The lowest BCUT2D eigenvalue weighted by Gasteiger charge is -2.15. The number of carbonyl (C=O) groups is 2. The van der Waals surface area contributed by atoms with Crippen LogP contribution in [0.25, 0.3) is 0 Å². The number of carbonyl (C=O) groups excluding carboxylic acids is 1. The van der Waals surface area contributed by atoms with Gasteiger partial charge in [0.2, 0.25) is 0 Å². The highest BCUT2D eigenvalue weighted by atomic mass is 16.4. The second-order valence-corrected chi connectivity index (χ2v) is 4.40. The molecule has 0 aromatic heterocycles. The van der Waals surface area contributed by atoms with Crippen LogP contribution in [0, 0.1) is 17.3 Å². The highest BCUT2D eigenvalue weighted by Crippen LogP contribution is 2.43. The third kappa shape index (κ3) is 1.65. The Kier molecular flexibility index (Phi) is 1.98. The molecule has 0 aliphatic heterocycles. The molecule has 1 saturated carbocycles. The smallest absolute Gasteiger partial charge is 0.307 e. The Hall–Kier alpha value is -0.860. The SMILES string of the molecule is CC(C)(C)C(=O)[C@@H]1C[C@H]1C(=O)O. The van der Waals surface area contributed by atoms with Crippen LogP contribution in [0.1, 0.15) is 27.2 Å². The van der Waals surface area contributed by atoms with Gasteiger partial charge in [0.15, 0.2) is 0 Å². The average molecular weight is 170 g/mol. The maximum absolute atomic E-state index is 11.5. The summed E-state index contributed by atoms with van der Waals surface area (Å²) in [5, 5.41) is 8.59. The zero-order chi connectivity index (χ0) is 9.52. The lowest BCUT2D eigenvalue weighted by molar-refractivity contribution is -0.140. The fourth-order valence-electron chi connectivity index (χ4n) is 1.31. The van der Waals surface area contributed by atoms with Gasteiger partial charge in [-0.1, -0.05) is 20.8 Å². The molecule has 12 heavy (non-hydrogen) atoms. The van der Waals surface area contributed by atoms with Gasteiger partial charge in [-0.05, 0) is 6.42 Å². The molecule has 1 aliphatic carbocycles. The zero-order valence-electron chi connectivity index (χ0n) is 7.63. The minimum atomic E-state index is -0.836. The summed E-state index contributed by atoms with van der Waals surface area (Å²) >= 11 is 0. The average Bonchev–Trinajstić information content (AvgIpc) is 2.61. The van der Waals surface area contributed by atoms with Gasteiger partial charge >= 0.3 is 5.97 Å². The Bertz CT molecular complexity index is 224. The summed E-state index contributed by atoms with van der Waals surface area (Å²) in [6.45, 7) is 5.48. The predicted octanol–water partition coefficient (Wildman–Crippen LogP) is 1.32. The van der Waals surface area contributed by atoms with Crippen molar-refractivity contribution in [3.63, 3.8) is 0 Å². The van der Waals surface area contributed by atoms with E-state index in [1.165, 1.54) is 0 Å². The molecule has 0 bridgehead atoms. The molecule has 0 saturated heterocycles. The number of rotatable bonds is 2. The number of hydrogen-bond donors (Lipinski definition) is 1. The van der Waals surface area contributed by atoms with Crippen LogP contribution < -0.4 is 0 Å². The number of carboxylic acid groups (broad SMARTS) is 1. The molecule has 0 heterocycles. The molecule has 3 nitrogen and oxygen atoms in total. The summed E-state index contributed by atoms with van der Waals surface area (Å²) in [5.74, 6) is -1.38. The van der Waals surface area contributed by atoms with E-state index in [2.05, 4.69) is 0 Å². The van der Waals surface area contributed by atoms with Crippen molar-refractivity contribution in [2.75, 3.05) is 0 Å². The molecular formula is C9H14O3. The summed E-state index contributed by atoms with van der Waals surface area (Å²) in [6.07, 6.45) is 0.533. The number of hydrogen-bond acceptors (Lipinski definition) is 2. The Morgan fingerprint density at radius 1 is 1.25 bits per heavy atom. The van der Waals surface area contributed by atoms with E-state index in [0.29, 0.717) is 6.42 Å². The van der Waals surface area contributed by atoms with E-state index in [1.54, 1.807) is 0 Å². The van der Waals surface area contributed by atoms with Gasteiger partial charge in [0.1, 0.15) is 5.78 Å². The fraction of sp³-hybridized carbons (Fsp3) is 0.778. The third-order valence-corrected chi connectivity index (χ3v) is 2.18. The molecule has 0 aromatic carbocycles. The molecule has 2 atom stereocenters. The molecular weight excluding hydrogens is 156 g/mol. The standard InChI is InChI=1S/C9H14O3/c1-9(2,3)7(10)5-4-6(5)8(11)12/h5-6H,4H2,1-3H3,(H,11,12)/t5-,6-/m1/s1. The van der Waals surface area contributed by atoms with Crippen LogP contribution in [-0.4, -0.2) is 16.9 Å². The molecule has 0 aromatic rings. The van der Waals surface area contributed by atoms with Gasteiger partial charge in [0, 0.05) is 11.3 Å². The van der Waals surface area contributed by atoms with Gasteiger partial charge in [0.05, 0.1) is 5.92 Å². The van der Waals surface area contributed by atoms with Crippen molar-refractivity contribution in [3.05, 3.63) is 0 Å². The first-order chi connectivity index (χ1) is 5.34. The molecule has 0 radical (unpaired) electrons. The molecule has 68 valence electrons. The zero-order valence-corrected chi connectivity index (χ0v) is 7.63. The van der Waals surface area contributed by atoms with Gasteiger partial charge in [-0.25, -0.2) is 0 Å². The fourth-order valence-corrected chi connectivity index (χ4v) is 1.31. The summed E-state index contributed by atoms with van der Waals surface area (Å²) < 4.78 is 0. The minimum Gasteiger partial charge on any atom is -0.481 e. The molecule has 0 unspecified atom stereocenters. The van der Waals surface area contributed by atoms with E-state index >= 15 is 0 Å². The normalized spacial score (nSPS) is 28.2. The Morgan fingerprint density at radius 3 is 2.00 bits per heavy atom. The summed E-state index contributed by atoms with van der Waals surface area (Å²) in [6, 6.07) is 0. The van der Waals surface area contributed by atoms with E-state index < -0.39 is 17.3 Å². The largest absolute Gasteiger partial charge is 0.481 e. The predicted molar refractivity (Wildman–Crippen MR) is 43.7 cm³/mol. The molecule has 1 aliphatic rings. The topological polar surface area (TPSA) is 54.4 Å². The van der Waals surface area contributed by atoms with Crippen LogP contribution in [0.5, 0.6) is 0 Å². The number of aliphatic carboxylic acids is 1. The van der Waals surface area contributed by atoms with E-state index in [-0.39, 0.29) is 11.7 Å². The molecule has 1 rings (SSSR count). The maximum Gasteiger partial charge on any atom is 0.307 e. The van der Waals surface area contributed by atoms with Crippen LogP contribution in [0.3, 0.4) is 0 Å². The van der Waals surface area contributed by atoms with E-state index in [1.807, 2.05) is 20.8 Å². The molecule has 3 heteroatoms. The minimum absolute atomic E-state index is 0.0786. The lowest BCUT2D eigenvalue weighted by atomic mass is 9.87. The van der Waals surface area contributed by atoms with Gasteiger partial charge in [-0.3, -0.25) is 9.59 Å². The van der Waals surface area contributed by atoms with Crippen LogP contribution >= 0.6 is 0 Å². The van der Waals surface area contributed by atoms with E-state index in [4.69, 9.17) is 5.11 Å². The highest BCUT2D eigenvalue weighted by molar-refractivity contribution is 5.93. The quantitative estimate of drug-likeness (QED) is 0.680. The first kappa shape index (κ1) is 9.23. The second-order valence-electron chi connectivity index (χ2n) is 4.40. The van der Waals surface area contributed by atoms with Crippen LogP contribution in [0.15, 0.2) is 0 Å². The Morgan fingerprint density at radius 2 is 1.75 bits per heavy atom. The number of ketones is 1. The molecule has 1 N–H and O–H groups in total. The van der Waals surface area contributed by atoms with Crippen LogP contribution in [0.4, 0.5) is 0 Å². The van der Waals surface area contributed by atoms with Crippen molar-refractivity contribution in [3.8, 4) is 0 Å². The summed E-state index contributed by atoms with van der Waals surface area (Å²) in [5.41, 5.74) is -0.394. The van der Waals surface area contributed by atoms with Crippen molar-refractivity contribution in [1.82, 2.24) is 0 Å². The highest BCUT2D eigenvalue weighted by Gasteiger charge is 2.50. The van der Waals surface area contributed by atoms with Crippen molar-refractivity contribution in [2.24, 2.45) is 17.3 Å². The molecule has 0 spiro atoms. The van der Waals surface area contributed by atoms with Crippen molar-refractivity contribution in [2.45, 2.75) is 27.2 Å². The Labute approximate surface area is 71.8 Å². The van der Waals surface area contributed by atoms with Crippen molar-refractivity contribution in [1.29, 1.82) is 0 Å². The van der Waals surface area contributed by atoms with E-state index in [0.717, 1.165) is 0 Å². The van der Waals surface area contributed by atoms with Crippen LogP contribution in [0.2, 0.25) is 0 Å². The van der Waals surface area contributed by atoms with Gasteiger partial charge < -0.3 is 5.11 Å². The van der Waals surface area contributed by atoms with Gasteiger partial charge in [-0.15, -0.1) is 0 Å². The lowest BCUT2D eigenvalue weighted by Crippen LogP contribution is -2.23. The Balaban J connectivity index is 2.55. The molecule has 0 amide bonds. The monoisotopic (exact) mass is 170 g/mol. The number of carboxylic acids is 1. The summed E-state index contributed by atoms with van der Waals surface area (Å²) in [4.78, 5) is 21.9. The second kappa shape index (κ2) is 2.57. The third-order valence-electron chi connectivity index (χ3n) is 2.18. The maximum atomic E-state index is 11.5. The van der Waals surface area contributed by atoms with E-state index in [9.17, 15) is 9.59 Å². The van der Waals surface area contributed by atoms with Crippen LogP contribution in [-0.2, 0) is 9.59 Å². The van der Waals surface area contributed by atoms with Gasteiger partial charge in [0.25, 0.3) is 0 Å².